The fourth-order valence-electron chi connectivity index (χ4n) is 5.62. The molecule has 2 fully saturated rings. The molecule has 0 atom stereocenters. The fourth-order valence-corrected chi connectivity index (χ4v) is 5.62. The van der Waals surface area contributed by atoms with Crippen molar-refractivity contribution in [2.24, 2.45) is 5.92 Å². The minimum Gasteiger partial charge on any atom is -0.486 e. The Morgan fingerprint density at radius 3 is 2.61 bits per heavy atom. The van der Waals surface area contributed by atoms with Crippen molar-refractivity contribution in [3.63, 3.8) is 0 Å². The lowest BCUT2D eigenvalue weighted by Crippen LogP contribution is -2.47. The van der Waals surface area contributed by atoms with Crippen LogP contribution in [0.25, 0.3) is 5.69 Å². The first-order valence-electron chi connectivity index (χ1n) is 15.4. The van der Waals surface area contributed by atoms with Crippen molar-refractivity contribution in [3.05, 3.63) is 65.5 Å². The molecule has 3 aromatic rings. The standard InChI is InChI=1S/C33H41N7O4/c1-25-21-29(44-24-31-37-36-30(22-26-7-3-4-8-26)40(31)28-10-5-14-34-23-28)12-11-27(25)9-6-20-43-33(42)35-15-13-32(41)39-18-16-38(2)17-19-39/h5,10-12,14,21,23,26H,3-4,7-8,13,15-20,22,24H2,1-2H3,(H,35,42). The Bertz CT molecular complexity index is 1470. The summed E-state index contributed by atoms with van der Waals surface area (Å²) in [7, 11) is 2.04. The van der Waals surface area contributed by atoms with Gasteiger partial charge in [0, 0.05) is 57.3 Å². The van der Waals surface area contributed by atoms with Gasteiger partial charge >= 0.3 is 6.09 Å². The van der Waals surface area contributed by atoms with Crippen LogP contribution in [-0.4, -0.2) is 87.9 Å². The Kier molecular flexibility index (Phi) is 10.8. The molecule has 0 bridgehead atoms. The first kappa shape index (κ1) is 31.0. The average Bonchev–Trinajstić information content (AvgIpc) is 3.70. The molecular weight excluding hydrogens is 558 g/mol. The predicted octanol–water partition coefficient (Wildman–Crippen LogP) is 3.52. The van der Waals surface area contributed by atoms with E-state index in [-0.39, 0.29) is 32.1 Å². The number of benzene rings is 1. The molecule has 5 rings (SSSR count). The van der Waals surface area contributed by atoms with Gasteiger partial charge in [0.2, 0.25) is 5.91 Å². The highest BCUT2D eigenvalue weighted by molar-refractivity contribution is 5.77. The number of likely N-dealkylation sites (N-methyl/N-ethyl adjacent to an activating group) is 1. The maximum Gasteiger partial charge on any atom is 0.408 e. The summed E-state index contributed by atoms with van der Waals surface area (Å²) in [5.41, 5.74) is 2.69. The van der Waals surface area contributed by atoms with E-state index in [9.17, 15) is 9.59 Å². The highest BCUT2D eigenvalue weighted by Crippen LogP contribution is 2.28. The maximum absolute atomic E-state index is 12.3. The summed E-state index contributed by atoms with van der Waals surface area (Å²) in [5, 5.41) is 11.6. The fraction of sp³-hybridized carbons (Fsp3) is 0.485. The van der Waals surface area contributed by atoms with E-state index in [4.69, 9.17) is 9.47 Å². The van der Waals surface area contributed by atoms with Crippen molar-refractivity contribution in [3.8, 4) is 23.3 Å². The SMILES string of the molecule is Cc1cc(OCc2nnc(CC3CCCC3)n2-c2cccnc2)ccc1C#CCOC(=O)NCCC(=O)N1CCN(C)CC1. The van der Waals surface area contributed by atoms with Crippen LogP contribution in [0.15, 0.2) is 42.7 Å². The molecule has 0 radical (unpaired) electrons. The molecule has 2 amide bonds. The molecule has 1 saturated heterocycles. The predicted molar refractivity (Wildman–Crippen MR) is 165 cm³/mol. The second kappa shape index (κ2) is 15.3. The van der Waals surface area contributed by atoms with E-state index in [0.29, 0.717) is 11.7 Å². The van der Waals surface area contributed by atoms with Gasteiger partial charge < -0.3 is 24.6 Å². The van der Waals surface area contributed by atoms with E-state index in [0.717, 1.165) is 61.1 Å². The van der Waals surface area contributed by atoms with E-state index >= 15 is 0 Å². The van der Waals surface area contributed by atoms with E-state index in [1.165, 1.54) is 25.7 Å². The van der Waals surface area contributed by atoms with Crippen LogP contribution in [0.2, 0.25) is 0 Å². The Morgan fingerprint density at radius 1 is 1.07 bits per heavy atom. The van der Waals surface area contributed by atoms with Crippen LogP contribution in [0.4, 0.5) is 4.79 Å². The minimum atomic E-state index is -0.587. The van der Waals surface area contributed by atoms with Crippen LogP contribution in [0, 0.1) is 24.7 Å². The van der Waals surface area contributed by atoms with Crippen molar-refractivity contribution >= 4 is 12.0 Å². The molecule has 1 aliphatic carbocycles. The number of piperazine rings is 1. The lowest BCUT2D eigenvalue weighted by atomic mass is 10.0. The van der Waals surface area contributed by atoms with Gasteiger partial charge in [-0.3, -0.25) is 14.3 Å². The van der Waals surface area contributed by atoms with E-state index < -0.39 is 6.09 Å². The summed E-state index contributed by atoms with van der Waals surface area (Å²) in [5.74, 6) is 8.99. The van der Waals surface area contributed by atoms with E-state index in [1.54, 1.807) is 6.20 Å². The molecule has 1 saturated carbocycles. The summed E-state index contributed by atoms with van der Waals surface area (Å²) in [6.07, 6.45) is 9.18. The maximum atomic E-state index is 12.3. The Labute approximate surface area is 258 Å². The van der Waals surface area contributed by atoms with E-state index in [2.05, 4.69) is 41.8 Å². The zero-order valence-corrected chi connectivity index (χ0v) is 25.6. The second-order valence-electron chi connectivity index (χ2n) is 11.4. The highest BCUT2D eigenvalue weighted by atomic mass is 16.5. The van der Waals surface area contributed by atoms with Gasteiger partial charge in [0.15, 0.2) is 12.4 Å². The molecule has 11 nitrogen and oxygen atoms in total. The number of hydrogen-bond donors (Lipinski definition) is 1. The van der Waals surface area contributed by atoms with E-state index in [1.807, 2.05) is 55.4 Å². The zero-order chi connectivity index (χ0) is 30.7. The summed E-state index contributed by atoms with van der Waals surface area (Å²) >= 11 is 0. The minimum absolute atomic E-state index is 0.0422. The third kappa shape index (κ3) is 8.57. The van der Waals surface area contributed by atoms with Gasteiger partial charge in [-0.1, -0.05) is 37.5 Å². The highest BCUT2D eigenvalue weighted by Gasteiger charge is 2.22. The van der Waals surface area contributed by atoms with Crippen LogP contribution in [0.5, 0.6) is 5.75 Å². The van der Waals surface area contributed by atoms with Crippen LogP contribution in [-0.2, 0) is 22.6 Å². The lowest BCUT2D eigenvalue weighted by Gasteiger charge is -2.32. The van der Waals surface area contributed by atoms with Gasteiger partial charge in [-0.25, -0.2) is 4.79 Å². The van der Waals surface area contributed by atoms with Crippen molar-refractivity contribution in [2.45, 2.75) is 52.1 Å². The number of amides is 2. The number of rotatable bonds is 10. The van der Waals surface area contributed by atoms with Crippen LogP contribution in [0.3, 0.4) is 0 Å². The molecule has 2 aliphatic rings. The van der Waals surface area contributed by atoms with Crippen LogP contribution in [0.1, 0.15) is 54.9 Å². The third-order valence-electron chi connectivity index (χ3n) is 8.18. The number of hydrogen-bond acceptors (Lipinski definition) is 8. The first-order chi connectivity index (χ1) is 21.5. The molecule has 44 heavy (non-hydrogen) atoms. The molecule has 3 heterocycles. The number of aryl methyl sites for hydroxylation is 1. The lowest BCUT2D eigenvalue weighted by molar-refractivity contribution is -0.132. The number of carbonyl (C=O) groups excluding carboxylic acids is 2. The first-order valence-corrected chi connectivity index (χ1v) is 15.4. The Balaban J connectivity index is 1.09. The topological polar surface area (TPSA) is 115 Å². The van der Waals surface area contributed by atoms with Crippen LogP contribution >= 0.6 is 0 Å². The number of ether oxygens (including phenoxy) is 2. The molecule has 0 unspecified atom stereocenters. The average molecular weight is 600 g/mol. The number of nitrogens with one attached hydrogen (secondary N) is 1. The number of aromatic nitrogens is 4. The smallest absolute Gasteiger partial charge is 0.408 e. The number of pyridine rings is 1. The molecule has 11 heteroatoms. The largest absolute Gasteiger partial charge is 0.486 e. The van der Waals surface area contributed by atoms with Gasteiger partial charge in [0.25, 0.3) is 0 Å². The van der Waals surface area contributed by atoms with Gasteiger partial charge in [0.1, 0.15) is 18.2 Å². The van der Waals surface area contributed by atoms with Gasteiger partial charge in [0.05, 0.1) is 11.9 Å². The summed E-state index contributed by atoms with van der Waals surface area (Å²) in [6.45, 7) is 5.58. The Hall–Kier alpha value is -4.43. The molecular formula is C33H41N7O4. The van der Waals surface area contributed by atoms with Crippen molar-refractivity contribution in [2.75, 3.05) is 46.4 Å². The summed E-state index contributed by atoms with van der Waals surface area (Å²) < 4.78 is 13.3. The summed E-state index contributed by atoms with van der Waals surface area (Å²) in [6, 6.07) is 9.61. The number of carbonyl (C=O) groups is 2. The third-order valence-corrected chi connectivity index (χ3v) is 8.18. The van der Waals surface area contributed by atoms with Crippen molar-refractivity contribution < 1.29 is 19.1 Å². The second-order valence-corrected chi connectivity index (χ2v) is 11.4. The van der Waals surface area contributed by atoms with Gasteiger partial charge in [-0.05, 0) is 55.8 Å². The molecule has 1 aliphatic heterocycles. The summed E-state index contributed by atoms with van der Waals surface area (Å²) in [4.78, 5) is 32.6. The molecule has 1 aromatic carbocycles. The molecule has 1 N–H and O–H groups in total. The normalized spacial score (nSPS) is 15.5. The van der Waals surface area contributed by atoms with Gasteiger partial charge in [-0.15, -0.1) is 10.2 Å². The quantitative estimate of drug-likeness (QED) is 0.352. The molecule has 0 spiro atoms. The van der Waals surface area contributed by atoms with Gasteiger partial charge in [-0.2, -0.15) is 0 Å². The number of nitrogens with zero attached hydrogens (tertiary/aromatic N) is 6. The molecule has 2 aromatic heterocycles. The molecule has 232 valence electrons. The number of alkyl carbamates (subject to hydrolysis) is 1. The Morgan fingerprint density at radius 2 is 1.86 bits per heavy atom. The van der Waals surface area contributed by atoms with Crippen molar-refractivity contribution in [1.29, 1.82) is 0 Å². The van der Waals surface area contributed by atoms with Crippen LogP contribution < -0.4 is 10.1 Å². The zero-order valence-electron chi connectivity index (χ0n) is 25.6. The van der Waals surface area contributed by atoms with Crippen molar-refractivity contribution in [1.82, 2.24) is 34.9 Å². The monoisotopic (exact) mass is 599 g/mol.